The molecule has 86 valence electrons. The van der Waals surface area contributed by atoms with Crippen LogP contribution in [-0.4, -0.2) is 14.6 Å². The Morgan fingerprint density at radius 3 is 3.29 bits per heavy atom. The standard InChI is InChI=1S/C10H8N4O2S/c15-9-8(17-10-12-6-13-14(9)10)5-11-4-7-2-1-3-16-7/h1-3,5-6,11H,4H2/b8-5-. The van der Waals surface area contributed by atoms with Gasteiger partial charge in [0.2, 0.25) is 4.96 Å². The lowest BCUT2D eigenvalue weighted by Gasteiger charge is -1.93. The number of hydrogen-bond donors (Lipinski definition) is 1. The minimum Gasteiger partial charge on any atom is -0.467 e. The van der Waals surface area contributed by atoms with Crippen LogP contribution >= 0.6 is 11.3 Å². The third-order valence-electron chi connectivity index (χ3n) is 2.21. The van der Waals surface area contributed by atoms with Crippen molar-refractivity contribution in [3.8, 4) is 0 Å². The van der Waals surface area contributed by atoms with E-state index in [0.717, 1.165) is 5.76 Å². The van der Waals surface area contributed by atoms with Crippen molar-refractivity contribution in [2.75, 3.05) is 0 Å². The van der Waals surface area contributed by atoms with Gasteiger partial charge >= 0.3 is 0 Å². The van der Waals surface area contributed by atoms with Gasteiger partial charge < -0.3 is 9.73 Å². The minimum atomic E-state index is -0.158. The Kier molecular flexibility index (Phi) is 2.37. The first-order valence-corrected chi connectivity index (χ1v) is 5.75. The lowest BCUT2D eigenvalue weighted by Crippen LogP contribution is -2.26. The molecule has 0 aliphatic heterocycles. The van der Waals surface area contributed by atoms with E-state index in [1.54, 1.807) is 12.5 Å². The molecule has 0 radical (unpaired) electrons. The number of aromatic nitrogens is 3. The Balaban J connectivity index is 1.86. The first kappa shape index (κ1) is 10.0. The molecule has 1 N–H and O–H groups in total. The number of hydrogen-bond acceptors (Lipinski definition) is 6. The summed E-state index contributed by atoms with van der Waals surface area (Å²) >= 11 is 1.30. The van der Waals surface area contributed by atoms with Crippen molar-refractivity contribution in [2.24, 2.45) is 0 Å². The van der Waals surface area contributed by atoms with Gasteiger partial charge in [-0.2, -0.15) is 9.61 Å². The molecule has 3 aromatic rings. The third kappa shape index (κ3) is 1.80. The van der Waals surface area contributed by atoms with E-state index in [4.69, 9.17) is 4.42 Å². The molecule has 7 heteroatoms. The summed E-state index contributed by atoms with van der Waals surface area (Å²) in [5, 5.41) is 6.85. The normalized spacial score (nSPS) is 12.4. The number of fused-ring (bicyclic) bond motifs is 1. The van der Waals surface area contributed by atoms with E-state index in [2.05, 4.69) is 15.4 Å². The Bertz CT molecular complexity index is 728. The SMILES string of the molecule is O=c1/c(=C/NCc2ccco2)sc2ncnn12. The average Bonchev–Trinajstić information content (AvgIpc) is 3.00. The molecule has 3 heterocycles. The lowest BCUT2D eigenvalue weighted by atomic mass is 10.4. The van der Waals surface area contributed by atoms with Gasteiger partial charge in [-0.1, -0.05) is 11.3 Å². The van der Waals surface area contributed by atoms with E-state index in [1.165, 1.54) is 22.2 Å². The summed E-state index contributed by atoms with van der Waals surface area (Å²) in [6.45, 7) is 0.542. The summed E-state index contributed by atoms with van der Waals surface area (Å²) < 4.78 is 7.02. The zero-order chi connectivity index (χ0) is 11.7. The smallest absolute Gasteiger partial charge is 0.292 e. The van der Waals surface area contributed by atoms with Crippen LogP contribution in [0.25, 0.3) is 11.2 Å². The topological polar surface area (TPSA) is 72.4 Å². The first-order valence-electron chi connectivity index (χ1n) is 4.93. The highest BCUT2D eigenvalue weighted by molar-refractivity contribution is 7.14. The molecular formula is C10H8N4O2S. The van der Waals surface area contributed by atoms with Crippen LogP contribution in [-0.2, 0) is 6.54 Å². The second-order valence-electron chi connectivity index (χ2n) is 3.33. The van der Waals surface area contributed by atoms with Gasteiger partial charge in [-0.3, -0.25) is 4.79 Å². The lowest BCUT2D eigenvalue weighted by molar-refractivity contribution is 0.502. The van der Waals surface area contributed by atoms with E-state index in [9.17, 15) is 4.79 Å². The molecule has 0 unspecified atom stereocenters. The predicted octanol–water partition coefficient (Wildman–Crippen LogP) is -0.00930. The molecule has 0 atom stereocenters. The van der Waals surface area contributed by atoms with Crippen LogP contribution < -0.4 is 15.4 Å². The quantitative estimate of drug-likeness (QED) is 0.706. The molecular weight excluding hydrogens is 240 g/mol. The summed E-state index contributed by atoms with van der Waals surface area (Å²) in [7, 11) is 0. The van der Waals surface area contributed by atoms with Gasteiger partial charge in [-0.25, -0.2) is 4.98 Å². The molecule has 0 aliphatic rings. The maximum absolute atomic E-state index is 11.8. The molecule has 0 bridgehead atoms. The second-order valence-corrected chi connectivity index (χ2v) is 4.34. The number of nitrogens with one attached hydrogen (secondary N) is 1. The monoisotopic (exact) mass is 248 g/mol. The van der Waals surface area contributed by atoms with Gasteiger partial charge in [-0.05, 0) is 12.1 Å². The largest absolute Gasteiger partial charge is 0.467 e. The van der Waals surface area contributed by atoms with Gasteiger partial charge in [0.25, 0.3) is 5.56 Å². The Hall–Kier alpha value is -2.15. The van der Waals surface area contributed by atoms with Crippen LogP contribution in [0.2, 0.25) is 0 Å². The fraction of sp³-hybridized carbons (Fsp3) is 0.100. The number of thiazole rings is 1. The van der Waals surface area contributed by atoms with Gasteiger partial charge in [0.15, 0.2) is 0 Å². The molecule has 17 heavy (non-hydrogen) atoms. The second kappa shape index (κ2) is 4.02. The molecule has 3 rings (SSSR count). The number of rotatable bonds is 3. The van der Waals surface area contributed by atoms with Crippen molar-refractivity contribution < 1.29 is 4.42 Å². The summed E-state index contributed by atoms with van der Waals surface area (Å²) in [6, 6.07) is 3.68. The highest BCUT2D eigenvalue weighted by atomic mass is 32.1. The number of furan rings is 1. The third-order valence-corrected chi connectivity index (χ3v) is 3.18. The summed E-state index contributed by atoms with van der Waals surface area (Å²) in [5.74, 6) is 0.813. The van der Waals surface area contributed by atoms with Crippen LogP contribution in [0, 0.1) is 0 Å². The molecule has 0 aliphatic carbocycles. The maximum atomic E-state index is 11.8. The van der Waals surface area contributed by atoms with E-state index in [1.807, 2.05) is 12.1 Å². The van der Waals surface area contributed by atoms with E-state index >= 15 is 0 Å². The fourth-order valence-electron chi connectivity index (χ4n) is 1.43. The zero-order valence-corrected chi connectivity index (χ0v) is 9.48. The fourth-order valence-corrected chi connectivity index (χ4v) is 2.26. The Morgan fingerprint density at radius 2 is 2.53 bits per heavy atom. The van der Waals surface area contributed by atoms with Crippen LogP contribution in [0.3, 0.4) is 0 Å². The molecule has 0 amide bonds. The van der Waals surface area contributed by atoms with Crippen molar-refractivity contribution >= 4 is 22.5 Å². The molecule has 0 spiro atoms. The molecule has 0 aromatic carbocycles. The van der Waals surface area contributed by atoms with Crippen molar-refractivity contribution in [2.45, 2.75) is 6.54 Å². The first-order chi connectivity index (χ1) is 8.34. The maximum Gasteiger partial charge on any atom is 0.292 e. The van der Waals surface area contributed by atoms with Crippen LogP contribution in [0.1, 0.15) is 5.76 Å². The van der Waals surface area contributed by atoms with Crippen LogP contribution in [0.5, 0.6) is 0 Å². The van der Waals surface area contributed by atoms with Gasteiger partial charge in [0, 0.05) is 6.20 Å². The Morgan fingerprint density at radius 1 is 1.59 bits per heavy atom. The highest BCUT2D eigenvalue weighted by Gasteiger charge is 2.04. The predicted molar refractivity (Wildman–Crippen MR) is 62.4 cm³/mol. The molecule has 6 nitrogen and oxygen atoms in total. The minimum absolute atomic E-state index is 0.158. The summed E-state index contributed by atoms with van der Waals surface area (Å²) in [6.07, 6.45) is 4.64. The van der Waals surface area contributed by atoms with Gasteiger partial charge in [0.05, 0.1) is 12.8 Å². The van der Waals surface area contributed by atoms with E-state index in [-0.39, 0.29) is 5.56 Å². The van der Waals surface area contributed by atoms with Crippen molar-refractivity contribution in [3.63, 3.8) is 0 Å². The molecule has 3 aromatic heterocycles. The number of nitrogens with zero attached hydrogens (tertiary/aromatic N) is 3. The molecule has 0 saturated carbocycles. The highest BCUT2D eigenvalue weighted by Crippen LogP contribution is 1.98. The average molecular weight is 248 g/mol. The van der Waals surface area contributed by atoms with Crippen molar-refractivity contribution in [3.05, 3.63) is 45.4 Å². The van der Waals surface area contributed by atoms with Crippen LogP contribution in [0.15, 0.2) is 33.9 Å². The molecule has 0 fully saturated rings. The van der Waals surface area contributed by atoms with Crippen molar-refractivity contribution in [1.29, 1.82) is 0 Å². The van der Waals surface area contributed by atoms with Crippen LogP contribution in [0.4, 0.5) is 0 Å². The van der Waals surface area contributed by atoms with E-state index < -0.39 is 0 Å². The zero-order valence-electron chi connectivity index (χ0n) is 8.66. The van der Waals surface area contributed by atoms with Gasteiger partial charge in [-0.15, -0.1) is 0 Å². The molecule has 0 saturated heterocycles. The summed E-state index contributed by atoms with van der Waals surface area (Å²) in [4.78, 5) is 16.3. The Labute approximate surface area is 99.2 Å². The summed E-state index contributed by atoms with van der Waals surface area (Å²) in [5.41, 5.74) is -0.158. The van der Waals surface area contributed by atoms with E-state index in [0.29, 0.717) is 16.0 Å². The van der Waals surface area contributed by atoms with Gasteiger partial charge in [0.1, 0.15) is 16.6 Å². The van der Waals surface area contributed by atoms with Crippen molar-refractivity contribution in [1.82, 2.24) is 19.9 Å².